The summed E-state index contributed by atoms with van der Waals surface area (Å²) in [6, 6.07) is 4.20. The number of hydrogen-bond donors (Lipinski definition) is 1. The van der Waals surface area contributed by atoms with E-state index in [9.17, 15) is 0 Å². The summed E-state index contributed by atoms with van der Waals surface area (Å²) in [6.07, 6.45) is 4.72. The van der Waals surface area contributed by atoms with Crippen LogP contribution in [0.15, 0.2) is 24.5 Å². The van der Waals surface area contributed by atoms with E-state index in [1.807, 2.05) is 12.4 Å². The van der Waals surface area contributed by atoms with Gasteiger partial charge in [0.15, 0.2) is 0 Å². The van der Waals surface area contributed by atoms with E-state index in [0.717, 1.165) is 26.2 Å². The van der Waals surface area contributed by atoms with Gasteiger partial charge in [-0.2, -0.15) is 0 Å². The highest BCUT2D eigenvalue weighted by atomic mass is 16.5. The molecular weight excluding hydrogens is 200 g/mol. The minimum absolute atomic E-state index is 0.120. The molecule has 0 unspecified atom stereocenters. The fourth-order valence-corrected chi connectivity index (χ4v) is 2.53. The zero-order chi connectivity index (χ0) is 11.6. The summed E-state index contributed by atoms with van der Waals surface area (Å²) >= 11 is 0. The molecule has 1 aliphatic heterocycles. The van der Waals surface area contributed by atoms with E-state index in [0.29, 0.717) is 0 Å². The molecule has 0 atom stereocenters. The molecule has 0 saturated carbocycles. The van der Waals surface area contributed by atoms with Crippen molar-refractivity contribution < 1.29 is 4.74 Å². The van der Waals surface area contributed by atoms with Crippen molar-refractivity contribution >= 4 is 0 Å². The molecule has 3 nitrogen and oxygen atoms in total. The van der Waals surface area contributed by atoms with Crippen LogP contribution in [0.3, 0.4) is 0 Å². The molecule has 16 heavy (non-hydrogen) atoms. The Kier molecular flexibility index (Phi) is 3.00. The van der Waals surface area contributed by atoms with Crippen LogP contribution in [0, 0.1) is 5.41 Å². The molecule has 1 saturated heterocycles. The molecule has 1 aromatic rings. The first-order chi connectivity index (χ1) is 7.62. The molecule has 0 radical (unpaired) electrons. The summed E-state index contributed by atoms with van der Waals surface area (Å²) in [5.41, 5.74) is 7.33. The molecule has 1 aliphatic rings. The standard InChI is InChI=1S/C13H20N2O/c1-12(2,5-6-14)13(9-16-10-13)11-3-7-15-8-4-11/h3-4,7-8H,5-6,9-10,14H2,1-2H3. The first kappa shape index (κ1) is 11.6. The molecule has 2 rings (SSSR count). The SMILES string of the molecule is CC(C)(CCN)C1(c2ccncc2)COC1. The topological polar surface area (TPSA) is 48.1 Å². The Morgan fingerprint density at radius 1 is 1.38 bits per heavy atom. The summed E-state index contributed by atoms with van der Waals surface area (Å²) in [5.74, 6) is 0. The Labute approximate surface area is 97.0 Å². The zero-order valence-electron chi connectivity index (χ0n) is 10.1. The van der Waals surface area contributed by atoms with Gasteiger partial charge in [-0.25, -0.2) is 0 Å². The summed E-state index contributed by atoms with van der Waals surface area (Å²) in [6.45, 7) is 6.87. The van der Waals surface area contributed by atoms with Gasteiger partial charge in [-0.3, -0.25) is 4.98 Å². The van der Waals surface area contributed by atoms with Crippen LogP contribution in [0.25, 0.3) is 0 Å². The van der Waals surface area contributed by atoms with Crippen molar-refractivity contribution in [2.75, 3.05) is 19.8 Å². The van der Waals surface area contributed by atoms with Crippen molar-refractivity contribution in [1.82, 2.24) is 4.98 Å². The molecule has 0 bridgehead atoms. The number of nitrogens with two attached hydrogens (primary N) is 1. The van der Waals surface area contributed by atoms with Crippen LogP contribution in [0.2, 0.25) is 0 Å². The number of nitrogens with zero attached hydrogens (tertiary/aromatic N) is 1. The van der Waals surface area contributed by atoms with E-state index in [1.165, 1.54) is 5.56 Å². The van der Waals surface area contributed by atoms with Crippen LogP contribution >= 0.6 is 0 Å². The smallest absolute Gasteiger partial charge is 0.0590 e. The van der Waals surface area contributed by atoms with Gasteiger partial charge in [0, 0.05) is 17.8 Å². The van der Waals surface area contributed by atoms with Gasteiger partial charge in [-0.1, -0.05) is 13.8 Å². The molecule has 2 heterocycles. The second kappa shape index (κ2) is 4.15. The minimum atomic E-state index is 0.120. The van der Waals surface area contributed by atoms with Gasteiger partial charge < -0.3 is 10.5 Å². The Morgan fingerprint density at radius 3 is 2.44 bits per heavy atom. The van der Waals surface area contributed by atoms with Crippen LogP contribution in [0.1, 0.15) is 25.8 Å². The van der Waals surface area contributed by atoms with Crippen LogP contribution in [-0.2, 0) is 10.2 Å². The maximum atomic E-state index is 5.72. The third kappa shape index (κ3) is 1.64. The molecule has 0 aromatic carbocycles. The monoisotopic (exact) mass is 220 g/mol. The Bertz CT molecular complexity index is 344. The van der Waals surface area contributed by atoms with Crippen molar-refractivity contribution in [3.63, 3.8) is 0 Å². The van der Waals surface area contributed by atoms with Crippen molar-refractivity contribution in [3.05, 3.63) is 30.1 Å². The predicted molar refractivity (Wildman–Crippen MR) is 64.2 cm³/mol. The van der Waals surface area contributed by atoms with Crippen LogP contribution < -0.4 is 5.73 Å². The normalized spacial score (nSPS) is 19.2. The lowest BCUT2D eigenvalue weighted by Gasteiger charge is -2.53. The third-order valence-corrected chi connectivity index (χ3v) is 3.99. The number of rotatable bonds is 4. The van der Waals surface area contributed by atoms with Crippen molar-refractivity contribution in [2.45, 2.75) is 25.7 Å². The average Bonchev–Trinajstić information content (AvgIpc) is 2.16. The van der Waals surface area contributed by atoms with E-state index in [1.54, 1.807) is 0 Å². The zero-order valence-corrected chi connectivity index (χ0v) is 10.1. The third-order valence-electron chi connectivity index (χ3n) is 3.99. The average molecular weight is 220 g/mol. The lowest BCUT2D eigenvalue weighted by Crippen LogP contribution is -2.57. The second-order valence-electron chi connectivity index (χ2n) is 5.23. The highest BCUT2D eigenvalue weighted by Gasteiger charge is 2.51. The quantitative estimate of drug-likeness (QED) is 0.840. The van der Waals surface area contributed by atoms with Gasteiger partial charge in [0.05, 0.1) is 13.2 Å². The minimum Gasteiger partial charge on any atom is -0.379 e. The summed E-state index contributed by atoms with van der Waals surface area (Å²) in [5, 5.41) is 0. The summed E-state index contributed by atoms with van der Waals surface area (Å²) < 4.78 is 5.46. The summed E-state index contributed by atoms with van der Waals surface area (Å²) in [7, 11) is 0. The molecule has 0 spiro atoms. The van der Waals surface area contributed by atoms with Crippen LogP contribution in [0.4, 0.5) is 0 Å². The first-order valence-corrected chi connectivity index (χ1v) is 5.81. The number of ether oxygens (including phenoxy) is 1. The largest absolute Gasteiger partial charge is 0.379 e. The maximum Gasteiger partial charge on any atom is 0.0590 e. The fraction of sp³-hybridized carbons (Fsp3) is 0.615. The van der Waals surface area contributed by atoms with Crippen LogP contribution in [-0.4, -0.2) is 24.7 Å². The van der Waals surface area contributed by atoms with Gasteiger partial charge in [0.25, 0.3) is 0 Å². The van der Waals surface area contributed by atoms with Crippen molar-refractivity contribution in [3.8, 4) is 0 Å². The van der Waals surface area contributed by atoms with E-state index < -0.39 is 0 Å². The lowest BCUT2D eigenvalue weighted by atomic mass is 9.59. The Balaban J connectivity index is 2.33. The second-order valence-corrected chi connectivity index (χ2v) is 5.23. The molecule has 0 amide bonds. The van der Waals surface area contributed by atoms with Gasteiger partial charge in [0.1, 0.15) is 0 Å². The molecular formula is C13H20N2O. The lowest BCUT2D eigenvalue weighted by molar-refractivity contribution is -0.121. The molecule has 1 fully saturated rings. The maximum absolute atomic E-state index is 5.72. The predicted octanol–water partition coefficient (Wildman–Crippen LogP) is 1.72. The molecule has 1 aromatic heterocycles. The highest BCUT2D eigenvalue weighted by molar-refractivity contribution is 5.29. The highest BCUT2D eigenvalue weighted by Crippen LogP contribution is 2.48. The van der Waals surface area contributed by atoms with Gasteiger partial charge in [0.2, 0.25) is 0 Å². The van der Waals surface area contributed by atoms with E-state index in [2.05, 4.69) is 31.0 Å². The van der Waals surface area contributed by atoms with E-state index in [4.69, 9.17) is 10.5 Å². The first-order valence-electron chi connectivity index (χ1n) is 5.81. The van der Waals surface area contributed by atoms with Crippen molar-refractivity contribution in [1.29, 1.82) is 0 Å². The van der Waals surface area contributed by atoms with Gasteiger partial charge in [-0.15, -0.1) is 0 Å². The molecule has 3 heteroatoms. The fourth-order valence-electron chi connectivity index (χ4n) is 2.53. The Morgan fingerprint density at radius 2 is 2.00 bits per heavy atom. The van der Waals surface area contributed by atoms with Crippen molar-refractivity contribution in [2.24, 2.45) is 11.1 Å². The van der Waals surface area contributed by atoms with Gasteiger partial charge in [-0.05, 0) is 36.1 Å². The van der Waals surface area contributed by atoms with Gasteiger partial charge >= 0.3 is 0 Å². The molecule has 2 N–H and O–H groups in total. The van der Waals surface area contributed by atoms with E-state index in [-0.39, 0.29) is 10.8 Å². The molecule has 88 valence electrons. The molecule has 0 aliphatic carbocycles. The number of pyridine rings is 1. The number of aromatic nitrogens is 1. The Hall–Kier alpha value is -0.930. The van der Waals surface area contributed by atoms with E-state index >= 15 is 0 Å². The number of hydrogen-bond acceptors (Lipinski definition) is 3. The van der Waals surface area contributed by atoms with Crippen LogP contribution in [0.5, 0.6) is 0 Å². The summed E-state index contributed by atoms with van der Waals surface area (Å²) in [4.78, 5) is 4.08.